The van der Waals surface area contributed by atoms with E-state index in [4.69, 9.17) is 4.74 Å². The van der Waals surface area contributed by atoms with Crippen molar-refractivity contribution < 1.29 is 4.74 Å². The predicted molar refractivity (Wildman–Crippen MR) is 94.3 cm³/mol. The molecule has 0 radical (unpaired) electrons. The first-order valence-corrected chi connectivity index (χ1v) is 8.28. The van der Waals surface area contributed by atoms with Gasteiger partial charge in [0.15, 0.2) is 5.60 Å². The molecule has 0 spiro atoms. The van der Waals surface area contributed by atoms with Crippen molar-refractivity contribution in [2.75, 3.05) is 20.6 Å². The van der Waals surface area contributed by atoms with Gasteiger partial charge in [-0.15, -0.1) is 0 Å². The average molecular weight is 313 g/mol. The topological polar surface area (TPSA) is 29.4 Å². The van der Waals surface area contributed by atoms with Crippen LogP contribution in [-0.4, -0.2) is 36.1 Å². The molecule has 23 heavy (non-hydrogen) atoms. The van der Waals surface area contributed by atoms with Crippen LogP contribution in [0.4, 0.5) is 0 Å². The molecule has 2 heterocycles. The highest BCUT2D eigenvalue weighted by atomic mass is 16.5. The second-order valence-corrected chi connectivity index (χ2v) is 7.12. The van der Waals surface area contributed by atoms with Crippen molar-refractivity contribution in [1.82, 2.24) is 14.8 Å². The van der Waals surface area contributed by atoms with E-state index < -0.39 is 0 Å². The van der Waals surface area contributed by atoms with Gasteiger partial charge in [-0.3, -0.25) is 0 Å². The third-order valence-electron chi connectivity index (χ3n) is 4.27. The van der Waals surface area contributed by atoms with Crippen molar-refractivity contribution in [3.8, 4) is 11.4 Å². The fraction of sp³-hybridized carbons (Fsp3) is 0.474. The summed E-state index contributed by atoms with van der Waals surface area (Å²) in [5, 5.41) is 3.53. The lowest BCUT2D eigenvalue weighted by atomic mass is 9.99. The van der Waals surface area contributed by atoms with Gasteiger partial charge in [0.2, 0.25) is 0 Å². The number of hydrogen-bond donors (Lipinski definition) is 1. The number of para-hydroxylation sites is 2. The van der Waals surface area contributed by atoms with Crippen LogP contribution in [0.1, 0.15) is 32.2 Å². The van der Waals surface area contributed by atoms with E-state index in [0.29, 0.717) is 6.04 Å². The lowest BCUT2D eigenvalue weighted by Crippen LogP contribution is -2.46. The van der Waals surface area contributed by atoms with Crippen molar-refractivity contribution in [2.24, 2.45) is 0 Å². The van der Waals surface area contributed by atoms with Gasteiger partial charge in [-0.1, -0.05) is 26.0 Å². The average Bonchev–Trinajstić information content (AvgIpc) is 2.90. The molecule has 1 aromatic carbocycles. The maximum atomic E-state index is 6.42. The van der Waals surface area contributed by atoms with E-state index in [-0.39, 0.29) is 5.60 Å². The summed E-state index contributed by atoms with van der Waals surface area (Å²) in [6, 6.07) is 13.1. The summed E-state index contributed by atoms with van der Waals surface area (Å²) < 4.78 is 8.78. The molecule has 1 aromatic heterocycles. The van der Waals surface area contributed by atoms with Crippen molar-refractivity contribution in [3.63, 3.8) is 0 Å². The monoisotopic (exact) mass is 313 g/mol. The van der Waals surface area contributed by atoms with Crippen molar-refractivity contribution in [1.29, 1.82) is 0 Å². The number of hydrogen-bond acceptors (Lipinski definition) is 3. The zero-order chi connectivity index (χ0) is 16.6. The van der Waals surface area contributed by atoms with E-state index in [9.17, 15) is 0 Å². The third kappa shape index (κ3) is 3.01. The maximum Gasteiger partial charge on any atom is 0.159 e. The minimum Gasteiger partial charge on any atom is -0.478 e. The highest BCUT2D eigenvalue weighted by Crippen LogP contribution is 2.40. The van der Waals surface area contributed by atoms with E-state index in [1.165, 1.54) is 11.4 Å². The van der Waals surface area contributed by atoms with E-state index in [2.05, 4.69) is 80.0 Å². The SMILES string of the molecule is CC(C)NCC1(C)Oc2ccccc2-n2c(CN(C)C)ccc21. The first-order chi connectivity index (χ1) is 10.9. The van der Waals surface area contributed by atoms with Crippen molar-refractivity contribution >= 4 is 0 Å². The Kier molecular flexibility index (Phi) is 4.21. The molecule has 0 saturated heterocycles. The number of ether oxygens (including phenoxy) is 1. The Hall–Kier alpha value is -1.78. The molecule has 124 valence electrons. The Balaban J connectivity index is 2.08. The molecule has 4 heteroatoms. The second-order valence-electron chi connectivity index (χ2n) is 7.12. The molecule has 4 nitrogen and oxygen atoms in total. The van der Waals surface area contributed by atoms with Crippen molar-refractivity contribution in [3.05, 3.63) is 47.8 Å². The zero-order valence-corrected chi connectivity index (χ0v) is 14.8. The molecule has 0 fully saturated rings. The standard InChI is InChI=1S/C19H27N3O/c1-14(2)20-13-19(3)18-11-10-15(12-21(4)5)22(18)16-8-6-7-9-17(16)23-19/h6-11,14,20H,12-13H2,1-5H3. The minimum absolute atomic E-state index is 0.372. The van der Waals surface area contributed by atoms with Crippen molar-refractivity contribution in [2.45, 2.75) is 39.0 Å². The van der Waals surface area contributed by atoms with Crippen LogP contribution in [-0.2, 0) is 12.1 Å². The van der Waals surface area contributed by atoms with Crippen LogP contribution in [0, 0.1) is 0 Å². The van der Waals surface area contributed by atoms with Crippen LogP contribution in [0.15, 0.2) is 36.4 Å². The van der Waals surface area contributed by atoms with Gasteiger partial charge < -0.3 is 19.5 Å². The molecular formula is C19H27N3O. The number of rotatable bonds is 5. The lowest BCUT2D eigenvalue weighted by Gasteiger charge is -2.38. The Labute approximate surface area is 139 Å². The number of benzene rings is 1. The first-order valence-electron chi connectivity index (χ1n) is 8.28. The van der Waals surface area contributed by atoms with E-state index in [0.717, 1.165) is 24.5 Å². The van der Waals surface area contributed by atoms with Crippen LogP contribution in [0.25, 0.3) is 5.69 Å². The Morgan fingerprint density at radius 1 is 1.17 bits per heavy atom. The predicted octanol–water partition coefficient (Wildman–Crippen LogP) is 3.14. The van der Waals surface area contributed by atoms with E-state index in [1.54, 1.807) is 0 Å². The van der Waals surface area contributed by atoms with Gasteiger partial charge >= 0.3 is 0 Å². The third-order valence-corrected chi connectivity index (χ3v) is 4.27. The van der Waals surface area contributed by atoms with Crippen LogP contribution >= 0.6 is 0 Å². The van der Waals surface area contributed by atoms with Gasteiger partial charge in [0, 0.05) is 24.8 Å². The highest BCUT2D eigenvalue weighted by Gasteiger charge is 2.38. The molecule has 1 N–H and O–H groups in total. The molecule has 0 amide bonds. The Bertz CT molecular complexity index is 690. The summed E-state index contributed by atoms with van der Waals surface area (Å²) in [7, 11) is 4.20. The highest BCUT2D eigenvalue weighted by molar-refractivity contribution is 5.53. The van der Waals surface area contributed by atoms with Gasteiger partial charge in [-0.25, -0.2) is 0 Å². The normalized spacial score (nSPS) is 19.6. The van der Waals surface area contributed by atoms with Gasteiger partial charge in [-0.05, 0) is 45.3 Å². The summed E-state index contributed by atoms with van der Waals surface area (Å²) in [6.45, 7) is 8.18. The summed E-state index contributed by atoms with van der Waals surface area (Å²) >= 11 is 0. The molecule has 0 aliphatic carbocycles. The quantitative estimate of drug-likeness (QED) is 0.919. The summed E-state index contributed by atoms with van der Waals surface area (Å²) in [6.07, 6.45) is 0. The second kappa shape index (κ2) is 6.02. The molecule has 1 unspecified atom stereocenters. The fourth-order valence-electron chi connectivity index (χ4n) is 3.17. The number of aromatic nitrogens is 1. The molecule has 2 aromatic rings. The first kappa shape index (κ1) is 16.1. The van der Waals surface area contributed by atoms with Gasteiger partial charge in [0.05, 0.1) is 11.4 Å². The molecule has 1 aliphatic heterocycles. The largest absolute Gasteiger partial charge is 0.478 e. The summed E-state index contributed by atoms with van der Waals surface area (Å²) in [5.74, 6) is 0.948. The molecule has 1 atom stereocenters. The molecule has 0 saturated carbocycles. The molecular weight excluding hydrogens is 286 g/mol. The number of nitrogens with one attached hydrogen (secondary N) is 1. The molecule has 3 rings (SSSR count). The minimum atomic E-state index is -0.372. The lowest BCUT2D eigenvalue weighted by molar-refractivity contribution is 0.0683. The van der Waals surface area contributed by atoms with Crippen LogP contribution < -0.4 is 10.1 Å². The smallest absolute Gasteiger partial charge is 0.159 e. The maximum absolute atomic E-state index is 6.42. The summed E-state index contributed by atoms with van der Waals surface area (Å²) in [5.41, 5.74) is 3.26. The van der Waals surface area contributed by atoms with Crippen LogP contribution in [0.3, 0.4) is 0 Å². The van der Waals surface area contributed by atoms with Gasteiger partial charge in [-0.2, -0.15) is 0 Å². The zero-order valence-electron chi connectivity index (χ0n) is 14.8. The number of nitrogens with zero attached hydrogens (tertiary/aromatic N) is 2. The van der Waals surface area contributed by atoms with Gasteiger partial charge in [0.1, 0.15) is 5.75 Å². The van der Waals surface area contributed by atoms with Crippen LogP contribution in [0.2, 0.25) is 0 Å². The fourth-order valence-corrected chi connectivity index (χ4v) is 3.17. The van der Waals surface area contributed by atoms with Gasteiger partial charge in [0.25, 0.3) is 0 Å². The van der Waals surface area contributed by atoms with Crippen LogP contribution in [0.5, 0.6) is 5.75 Å². The summed E-state index contributed by atoms with van der Waals surface area (Å²) in [4.78, 5) is 2.20. The molecule has 0 bridgehead atoms. The van der Waals surface area contributed by atoms with E-state index in [1.807, 2.05) is 6.07 Å². The number of fused-ring (bicyclic) bond motifs is 3. The van der Waals surface area contributed by atoms with E-state index >= 15 is 0 Å². The Morgan fingerprint density at radius 2 is 1.91 bits per heavy atom. The Morgan fingerprint density at radius 3 is 2.61 bits per heavy atom. The molecule has 1 aliphatic rings.